The number of fused-ring (bicyclic) bond motifs is 4. The number of rotatable bonds is 4. The fraction of sp³-hybridized carbons (Fsp3) is 0.207. The van der Waals surface area contributed by atoms with Crippen LogP contribution in [0.2, 0.25) is 0 Å². The van der Waals surface area contributed by atoms with Crippen molar-refractivity contribution < 1.29 is 19.5 Å². The number of carbonyl (C=O) groups is 3. The van der Waals surface area contributed by atoms with Crippen LogP contribution in [0.25, 0.3) is 10.9 Å². The predicted molar refractivity (Wildman–Crippen MR) is 136 cm³/mol. The first-order valence-corrected chi connectivity index (χ1v) is 12.0. The Morgan fingerprint density at radius 2 is 1.67 bits per heavy atom. The highest BCUT2D eigenvalue weighted by molar-refractivity contribution is 6.22. The average Bonchev–Trinajstić information content (AvgIpc) is 3.37. The van der Waals surface area contributed by atoms with E-state index in [1.807, 2.05) is 36.4 Å². The van der Waals surface area contributed by atoms with E-state index >= 15 is 0 Å². The van der Waals surface area contributed by atoms with Crippen molar-refractivity contribution >= 4 is 34.5 Å². The van der Waals surface area contributed by atoms with Gasteiger partial charge in [0.15, 0.2) is 0 Å². The fourth-order valence-electron chi connectivity index (χ4n) is 5.47. The monoisotopic (exact) mass is 479 g/mol. The van der Waals surface area contributed by atoms with Crippen molar-refractivity contribution in [3.8, 4) is 0 Å². The lowest BCUT2D eigenvalue weighted by Gasteiger charge is -2.36. The van der Waals surface area contributed by atoms with Gasteiger partial charge in [-0.1, -0.05) is 56.3 Å². The molecule has 2 aliphatic heterocycles. The number of urea groups is 1. The zero-order valence-electron chi connectivity index (χ0n) is 19.9. The number of nitrogens with one attached hydrogen (secondary N) is 1. The molecule has 1 saturated heterocycles. The summed E-state index contributed by atoms with van der Waals surface area (Å²) in [5.41, 5.74) is 5.55. The number of carboxylic acid groups (broad SMARTS) is 1. The summed E-state index contributed by atoms with van der Waals surface area (Å²) in [6, 6.07) is 20.6. The van der Waals surface area contributed by atoms with Gasteiger partial charge in [-0.15, -0.1) is 0 Å². The van der Waals surface area contributed by atoms with Gasteiger partial charge in [0.2, 0.25) is 0 Å². The maximum Gasteiger partial charge on any atom is 0.335 e. The van der Waals surface area contributed by atoms with Gasteiger partial charge in [-0.2, -0.15) is 0 Å². The summed E-state index contributed by atoms with van der Waals surface area (Å²) in [5, 5.41) is 10.3. The third kappa shape index (κ3) is 3.23. The first kappa shape index (κ1) is 22.1. The summed E-state index contributed by atoms with van der Waals surface area (Å²) in [6.07, 6.45) is 0.411. The third-order valence-corrected chi connectivity index (χ3v) is 7.34. The number of aromatic amines is 1. The van der Waals surface area contributed by atoms with Crippen LogP contribution >= 0.6 is 0 Å². The molecule has 36 heavy (non-hydrogen) atoms. The smallest absolute Gasteiger partial charge is 0.335 e. The van der Waals surface area contributed by atoms with Crippen LogP contribution in [-0.2, 0) is 11.2 Å². The first-order chi connectivity index (χ1) is 17.3. The Hall–Kier alpha value is -4.39. The number of hydrogen-bond acceptors (Lipinski definition) is 3. The first-order valence-electron chi connectivity index (χ1n) is 12.0. The SMILES string of the molecule is CC(C)c1ccc(C2c3[nH]c4ccccc4c3C[C@H]3C(=O)N(c4ccc(C(=O)O)cc4)C(=O)N23)cc1. The van der Waals surface area contributed by atoms with Gasteiger partial charge in [0.1, 0.15) is 12.1 Å². The number of H-pyrrole nitrogens is 1. The molecular formula is C29H25N3O4. The second-order valence-electron chi connectivity index (χ2n) is 9.72. The van der Waals surface area contributed by atoms with E-state index in [-0.39, 0.29) is 11.5 Å². The lowest BCUT2D eigenvalue weighted by atomic mass is 9.88. The molecule has 1 aromatic heterocycles. The minimum absolute atomic E-state index is 0.0973. The molecule has 0 radical (unpaired) electrons. The van der Waals surface area contributed by atoms with Crippen LogP contribution in [0.15, 0.2) is 72.8 Å². The van der Waals surface area contributed by atoms with E-state index in [4.69, 9.17) is 0 Å². The highest BCUT2D eigenvalue weighted by Crippen LogP contribution is 2.45. The van der Waals surface area contributed by atoms with Crippen molar-refractivity contribution in [2.45, 2.75) is 38.3 Å². The van der Waals surface area contributed by atoms with Crippen molar-refractivity contribution in [1.29, 1.82) is 0 Å². The number of benzene rings is 3. The number of amides is 3. The van der Waals surface area contributed by atoms with E-state index in [0.717, 1.165) is 27.7 Å². The highest BCUT2D eigenvalue weighted by Gasteiger charge is 2.53. The second kappa shape index (κ2) is 8.09. The predicted octanol–water partition coefficient (Wildman–Crippen LogP) is 5.47. The van der Waals surface area contributed by atoms with Gasteiger partial charge in [-0.25, -0.2) is 14.5 Å². The van der Waals surface area contributed by atoms with Crippen LogP contribution < -0.4 is 4.90 Å². The Kier molecular flexibility index (Phi) is 4.96. The molecule has 0 spiro atoms. The molecule has 3 heterocycles. The van der Waals surface area contributed by atoms with Crippen molar-refractivity contribution in [2.75, 3.05) is 4.90 Å². The summed E-state index contributed by atoms with van der Waals surface area (Å²) in [6.45, 7) is 4.27. The summed E-state index contributed by atoms with van der Waals surface area (Å²) in [5.74, 6) is -0.989. The molecule has 7 heteroatoms. The van der Waals surface area contributed by atoms with Gasteiger partial charge in [-0.3, -0.25) is 9.69 Å². The van der Waals surface area contributed by atoms with E-state index in [1.54, 1.807) is 4.90 Å². The summed E-state index contributed by atoms with van der Waals surface area (Å²) >= 11 is 0. The minimum atomic E-state index is -1.06. The Morgan fingerprint density at radius 3 is 2.33 bits per heavy atom. The van der Waals surface area contributed by atoms with Gasteiger partial charge in [0, 0.05) is 23.0 Å². The lowest BCUT2D eigenvalue weighted by molar-refractivity contribution is -0.120. The molecule has 4 aromatic rings. The van der Waals surface area contributed by atoms with E-state index in [1.165, 1.54) is 34.7 Å². The molecule has 7 nitrogen and oxygen atoms in total. The number of hydrogen-bond donors (Lipinski definition) is 2. The number of imide groups is 1. The Morgan fingerprint density at radius 1 is 0.972 bits per heavy atom. The van der Waals surface area contributed by atoms with Crippen LogP contribution in [0, 0.1) is 0 Å². The van der Waals surface area contributed by atoms with Crippen molar-refractivity contribution in [1.82, 2.24) is 9.88 Å². The highest BCUT2D eigenvalue weighted by atomic mass is 16.4. The maximum atomic E-state index is 13.9. The van der Waals surface area contributed by atoms with E-state index < -0.39 is 24.1 Å². The topological polar surface area (TPSA) is 93.7 Å². The zero-order chi connectivity index (χ0) is 25.1. The molecular weight excluding hydrogens is 454 g/mol. The quantitative estimate of drug-likeness (QED) is 0.380. The largest absolute Gasteiger partial charge is 0.478 e. The van der Waals surface area contributed by atoms with Crippen molar-refractivity contribution in [3.63, 3.8) is 0 Å². The molecule has 0 saturated carbocycles. The van der Waals surface area contributed by atoms with Gasteiger partial charge in [-0.05, 0) is 52.9 Å². The molecule has 3 amide bonds. The van der Waals surface area contributed by atoms with E-state index in [2.05, 4.69) is 31.0 Å². The average molecular weight is 480 g/mol. The second-order valence-corrected chi connectivity index (χ2v) is 9.72. The van der Waals surface area contributed by atoms with Gasteiger partial charge < -0.3 is 10.1 Å². The van der Waals surface area contributed by atoms with Crippen LogP contribution in [-0.4, -0.2) is 38.9 Å². The van der Waals surface area contributed by atoms with Gasteiger partial charge in [0.25, 0.3) is 5.91 Å². The number of aromatic carboxylic acids is 1. The number of para-hydroxylation sites is 1. The standard InChI is InChI=1S/C29H25N3O4/c1-16(2)17-7-9-18(10-8-17)26-25-22(21-5-3-4-6-23(21)30-25)15-24-27(33)31(29(36)32(24)26)20-13-11-19(12-14-20)28(34)35/h3-14,16,24,26,30H,15H2,1-2H3,(H,34,35)/t24-,26?/m0/s1. The van der Waals surface area contributed by atoms with Crippen molar-refractivity contribution in [2.24, 2.45) is 0 Å². The van der Waals surface area contributed by atoms with Crippen molar-refractivity contribution in [3.05, 3.63) is 101 Å². The summed E-state index contributed by atoms with van der Waals surface area (Å²) < 4.78 is 0. The molecule has 180 valence electrons. The molecule has 1 fully saturated rings. The number of nitrogens with zero attached hydrogens (tertiary/aromatic N) is 2. The van der Waals surface area contributed by atoms with Crippen LogP contribution in [0.1, 0.15) is 58.5 Å². The normalized spacial score (nSPS) is 19.2. The number of anilines is 1. The maximum absolute atomic E-state index is 13.9. The van der Waals surface area contributed by atoms with E-state index in [9.17, 15) is 19.5 Å². The molecule has 3 aromatic carbocycles. The molecule has 2 N–H and O–H groups in total. The van der Waals surface area contributed by atoms with Gasteiger partial charge in [0.05, 0.1) is 11.3 Å². The minimum Gasteiger partial charge on any atom is -0.478 e. The fourth-order valence-corrected chi connectivity index (χ4v) is 5.47. The summed E-state index contributed by atoms with van der Waals surface area (Å²) in [7, 11) is 0. The lowest BCUT2D eigenvalue weighted by Crippen LogP contribution is -2.44. The molecule has 6 rings (SSSR count). The zero-order valence-corrected chi connectivity index (χ0v) is 19.9. The molecule has 2 atom stereocenters. The Labute approximate surface area is 208 Å². The number of aromatic nitrogens is 1. The Balaban J connectivity index is 1.49. The number of carboxylic acids is 1. The van der Waals surface area contributed by atoms with E-state index in [0.29, 0.717) is 18.0 Å². The van der Waals surface area contributed by atoms with Crippen LogP contribution in [0.4, 0.5) is 10.5 Å². The van der Waals surface area contributed by atoms with Crippen LogP contribution in [0.3, 0.4) is 0 Å². The molecule has 1 unspecified atom stereocenters. The molecule has 0 aliphatic carbocycles. The summed E-state index contributed by atoms with van der Waals surface area (Å²) in [4.78, 5) is 45.2. The third-order valence-electron chi connectivity index (χ3n) is 7.34. The Bertz CT molecular complexity index is 1520. The molecule has 2 aliphatic rings. The van der Waals surface area contributed by atoms with Gasteiger partial charge >= 0.3 is 12.0 Å². The number of carbonyl (C=O) groups excluding carboxylic acids is 2. The van der Waals surface area contributed by atoms with Crippen LogP contribution in [0.5, 0.6) is 0 Å². The molecule has 0 bridgehead atoms.